The van der Waals surface area contributed by atoms with E-state index >= 15 is 0 Å². The quantitative estimate of drug-likeness (QED) is 0.676. The van der Waals surface area contributed by atoms with Crippen LogP contribution in [0.15, 0.2) is 0 Å². The fourth-order valence-corrected chi connectivity index (χ4v) is 2.85. The lowest BCUT2D eigenvalue weighted by Crippen LogP contribution is -2.40. The van der Waals surface area contributed by atoms with E-state index < -0.39 is 0 Å². The van der Waals surface area contributed by atoms with Crippen LogP contribution in [0.2, 0.25) is 0 Å². The first-order valence-corrected chi connectivity index (χ1v) is 5.74. The molecule has 2 nitrogen and oxygen atoms in total. The van der Waals surface area contributed by atoms with Crippen LogP contribution in [-0.2, 0) is 0 Å². The lowest BCUT2D eigenvalue weighted by molar-refractivity contribution is 0.260. The van der Waals surface area contributed by atoms with Gasteiger partial charge in [-0.05, 0) is 64.6 Å². The predicted octanol–water partition coefficient (Wildman–Crippen LogP) is 1.52. The van der Waals surface area contributed by atoms with Crippen LogP contribution in [0.5, 0.6) is 0 Å². The molecular formula is C11H22N2. The van der Waals surface area contributed by atoms with Crippen molar-refractivity contribution in [3.8, 4) is 0 Å². The molecule has 2 aliphatic heterocycles. The lowest BCUT2D eigenvalue weighted by atomic mass is 9.83. The minimum absolute atomic E-state index is 0.474. The number of hydrogen-bond acceptors (Lipinski definition) is 2. The van der Waals surface area contributed by atoms with E-state index in [1.807, 2.05) is 0 Å². The molecule has 1 unspecified atom stereocenters. The summed E-state index contributed by atoms with van der Waals surface area (Å²) < 4.78 is 0. The molecule has 2 rings (SSSR count). The van der Waals surface area contributed by atoms with Crippen LogP contribution in [0.4, 0.5) is 0 Å². The molecule has 0 radical (unpaired) electrons. The van der Waals surface area contributed by atoms with Gasteiger partial charge in [-0.3, -0.25) is 0 Å². The Hall–Kier alpha value is -0.0800. The Morgan fingerprint density at radius 2 is 2.00 bits per heavy atom. The van der Waals surface area contributed by atoms with Crippen LogP contribution in [0.3, 0.4) is 0 Å². The van der Waals surface area contributed by atoms with Crippen molar-refractivity contribution in [2.75, 3.05) is 19.6 Å². The Labute approximate surface area is 81.5 Å². The van der Waals surface area contributed by atoms with Gasteiger partial charge in [0.05, 0.1) is 0 Å². The highest BCUT2D eigenvalue weighted by Crippen LogP contribution is 2.29. The lowest BCUT2D eigenvalue weighted by Gasteiger charge is -2.32. The average Bonchev–Trinajstić information content (AvgIpc) is 2.54. The monoisotopic (exact) mass is 182 g/mol. The Morgan fingerprint density at radius 1 is 1.23 bits per heavy atom. The maximum absolute atomic E-state index is 3.66. The van der Waals surface area contributed by atoms with Crippen LogP contribution >= 0.6 is 0 Å². The standard InChI is InChI=1S/C11H22N2/c1-11(5-2-6-13-11)9-10-3-7-12-8-4-10/h10,12-13H,2-9H2,1H3. The van der Waals surface area contributed by atoms with Crippen molar-refractivity contribution in [3.63, 3.8) is 0 Å². The first kappa shape index (κ1) is 9.47. The molecule has 0 aliphatic carbocycles. The molecule has 0 aromatic carbocycles. The second-order valence-electron chi connectivity index (χ2n) is 4.99. The topological polar surface area (TPSA) is 24.1 Å². The van der Waals surface area contributed by atoms with Crippen molar-refractivity contribution >= 4 is 0 Å². The summed E-state index contributed by atoms with van der Waals surface area (Å²) in [5.74, 6) is 0.969. The third-order valence-corrected chi connectivity index (χ3v) is 3.66. The molecular weight excluding hydrogens is 160 g/mol. The van der Waals surface area contributed by atoms with Gasteiger partial charge in [0, 0.05) is 5.54 Å². The van der Waals surface area contributed by atoms with Gasteiger partial charge in [0.2, 0.25) is 0 Å². The van der Waals surface area contributed by atoms with Gasteiger partial charge in [-0.15, -0.1) is 0 Å². The van der Waals surface area contributed by atoms with Crippen molar-refractivity contribution in [2.24, 2.45) is 5.92 Å². The van der Waals surface area contributed by atoms with Crippen LogP contribution in [-0.4, -0.2) is 25.2 Å². The first-order chi connectivity index (χ1) is 6.29. The third kappa shape index (κ3) is 2.44. The Morgan fingerprint density at radius 3 is 2.62 bits per heavy atom. The number of hydrogen-bond donors (Lipinski definition) is 2. The van der Waals surface area contributed by atoms with Crippen molar-refractivity contribution in [1.82, 2.24) is 10.6 Å². The van der Waals surface area contributed by atoms with Gasteiger partial charge in [-0.25, -0.2) is 0 Å². The van der Waals surface area contributed by atoms with E-state index in [0.29, 0.717) is 5.54 Å². The second kappa shape index (κ2) is 3.97. The van der Waals surface area contributed by atoms with E-state index in [-0.39, 0.29) is 0 Å². The zero-order valence-electron chi connectivity index (χ0n) is 8.73. The summed E-state index contributed by atoms with van der Waals surface area (Å²) in [6, 6.07) is 0. The zero-order valence-corrected chi connectivity index (χ0v) is 8.73. The highest BCUT2D eigenvalue weighted by Gasteiger charge is 2.31. The summed E-state index contributed by atoms with van der Waals surface area (Å²) in [4.78, 5) is 0. The Bertz CT molecular complexity index is 155. The molecule has 13 heavy (non-hydrogen) atoms. The van der Waals surface area contributed by atoms with Crippen LogP contribution in [0, 0.1) is 5.92 Å². The summed E-state index contributed by atoms with van der Waals surface area (Å²) in [7, 11) is 0. The maximum Gasteiger partial charge on any atom is 0.0156 e. The van der Waals surface area contributed by atoms with Gasteiger partial charge in [0.15, 0.2) is 0 Å². The third-order valence-electron chi connectivity index (χ3n) is 3.66. The van der Waals surface area contributed by atoms with Crippen LogP contribution in [0.25, 0.3) is 0 Å². The molecule has 76 valence electrons. The molecule has 0 aromatic rings. The molecule has 2 fully saturated rings. The SMILES string of the molecule is CC1(CC2CCNCC2)CCCN1. The van der Waals surface area contributed by atoms with E-state index in [1.54, 1.807) is 0 Å². The normalized spacial score (nSPS) is 36.7. The van der Waals surface area contributed by atoms with Gasteiger partial charge in [0.25, 0.3) is 0 Å². The molecule has 0 spiro atoms. The summed E-state index contributed by atoms with van der Waals surface area (Å²) in [5, 5.41) is 7.09. The molecule has 2 N–H and O–H groups in total. The van der Waals surface area contributed by atoms with Gasteiger partial charge in [0.1, 0.15) is 0 Å². The Balaban J connectivity index is 1.81. The van der Waals surface area contributed by atoms with Crippen molar-refractivity contribution in [3.05, 3.63) is 0 Å². The Kier molecular flexibility index (Phi) is 2.89. The van der Waals surface area contributed by atoms with Gasteiger partial charge < -0.3 is 10.6 Å². The molecule has 0 saturated carbocycles. The second-order valence-corrected chi connectivity index (χ2v) is 4.99. The molecule has 2 saturated heterocycles. The highest BCUT2D eigenvalue weighted by molar-refractivity contribution is 4.91. The van der Waals surface area contributed by atoms with E-state index in [9.17, 15) is 0 Å². The van der Waals surface area contributed by atoms with Gasteiger partial charge in [-0.2, -0.15) is 0 Å². The fourth-order valence-electron chi connectivity index (χ4n) is 2.85. The van der Waals surface area contributed by atoms with Gasteiger partial charge in [-0.1, -0.05) is 0 Å². The van der Waals surface area contributed by atoms with E-state index in [2.05, 4.69) is 17.6 Å². The number of rotatable bonds is 2. The summed E-state index contributed by atoms with van der Waals surface area (Å²) in [6.45, 7) is 6.12. The van der Waals surface area contributed by atoms with Crippen LogP contribution in [0.1, 0.15) is 39.0 Å². The summed E-state index contributed by atoms with van der Waals surface area (Å²) in [5.41, 5.74) is 0.474. The van der Waals surface area contributed by atoms with Crippen LogP contribution < -0.4 is 10.6 Å². The highest BCUT2D eigenvalue weighted by atomic mass is 15.0. The molecule has 0 aromatic heterocycles. The van der Waals surface area contributed by atoms with E-state index in [0.717, 1.165) is 5.92 Å². The largest absolute Gasteiger partial charge is 0.317 e. The average molecular weight is 182 g/mol. The minimum Gasteiger partial charge on any atom is -0.317 e. The number of piperidine rings is 1. The first-order valence-electron chi connectivity index (χ1n) is 5.74. The number of nitrogens with one attached hydrogen (secondary N) is 2. The summed E-state index contributed by atoms with van der Waals surface area (Å²) in [6.07, 6.45) is 6.93. The molecule has 2 heterocycles. The summed E-state index contributed by atoms with van der Waals surface area (Å²) >= 11 is 0. The molecule has 0 amide bonds. The zero-order chi connectivity index (χ0) is 9.15. The molecule has 0 bridgehead atoms. The minimum atomic E-state index is 0.474. The predicted molar refractivity (Wildman–Crippen MR) is 55.9 cm³/mol. The van der Waals surface area contributed by atoms with Crippen molar-refractivity contribution < 1.29 is 0 Å². The van der Waals surface area contributed by atoms with Crippen molar-refractivity contribution in [1.29, 1.82) is 0 Å². The molecule has 2 heteroatoms. The fraction of sp³-hybridized carbons (Fsp3) is 1.00. The maximum atomic E-state index is 3.66. The van der Waals surface area contributed by atoms with E-state index in [4.69, 9.17) is 0 Å². The molecule has 2 aliphatic rings. The smallest absolute Gasteiger partial charge is 0.0156 e. The van der Waals surface area contributed by atoms with Gasteiger partial charge >= 0.3 is 0 Å². The molecule has 1 atom stereocenters. The van der Waals surface area contributed by atoms with E-state index in [1.165, 1.54) is 51.7 Å². The van der Waals surface area contributed by atoms with Crippen molar-refractivity contribution in [2.45, 2.75) is 44.6 Å².